The lowest BCUT2D eigenvalue weighted by molar-refractivity contribution is 0.0730. The van der Waals surface area contributed by atoms with Gasteiger partial charge in [0.25, 0.3) is 5.91 Å². The standard InChI is InChI=1S/C16H22FN3O6S/c1-2-26-16(22)19-6-5-18-15(21)13-11-12(3-4-14(13)17)27(23,24)20-7-9-25-10-8-20/h3-4,11H,2,5-10H2,1H3,(H,18,21)(H,19,22). The first-order chi connectivity index (χ1) is 12.9. The van der Waals surface area contributed by atoms with Gasteiger partial charge in [-0.1, -0.05) is 0 Å². The maximum atomic E-state index is 14.0. The molecule has 1 aliphatic heterocycles. The second-order valence-electron chi connectivity index (χ2n) is 5.56. The summed E-state index contributed by atoms with van der Waals surface area (Å²) in [5.41, 5.74) is -0.388. The van der Waals surface area contributed by atoms with Crippen LogP contribution in [-0.4, -0.2) is 70.7 Å². The highest BCUT2D eigenvalue weighted by Gasteiger charge is 2.27. The molecule has 0 unspecified atom stereocenters. The van der Waals surface area contributed by atoms with E-state index in [-0.39, 0.29) is 56.5 Å². The molecule has 1 saturated heterocycles. The van der Waals surface area contributed by atoms with Crippen molar-refractivity contribution in [3.63, 3.8) is 0 Å². The van der Waals surface area contributed by atoms with Gasteiger partial charge in [-0.25, -0.2) is 17.6 Å². The second kappa shape index (κ2) is 9.62. The van der Waals surface area contributed by atoms with E-state index in [9.17, 15) is 22.4 Å². The van der Waals surface area contributed by atoms with Crippen molar-refractivity contribution in [3.8, 4) is 0 Å². The number of nitrogens with zero attached hydrogens (tertiary/aromatic N) is 1. The lowest BCUT2D eigenvalue weighted by Crippen LogP contribution is -2.40. The molecule has 2 amide bonds. The van der Waals surface area contributed by atoms with Crippen LogP contribution in [0.25, 0.3) is 0 Å². The molecule has 150 valence electrons. The fourth-order valence-electron chi connectivity index (χ4n) is 2.39. The Morgan fingerprint density at radius 2 is 1.89 bits per heavy atom. The summed E-state index contributed by atoms with van der Waals surface area (Å²) in [6.45, 7) is 2.93. The van der Waals surface area contributed by atoms with Gasteiger partial charge in [0.1, 0.15) is 5.82 Å². The Hall–Kier alpha value is -2.24. The number of benzene rings is 1. The van der Waals surface area contributed by atoms with Gasteiger partial charge < -0.3 is 20.1 Å². The Balaban J connectivity index is 2.03. The van der Waals surface area contributed by atoms with Crippen LogP contribution in [0.3, 0.4) is 0 Å². The van der Waals surface area contributed by atoms with Crippen molar-refractivity contribution in [2.24, 2.45) is 0 Å². The first-order valence-electron chi connectivity index (χ1n) is 8.42. The Morgan fingerprint density at radius 3 is 2.56 bits per heavy atom. The molecule has 2 rings (SSSR count). The van der Waals surface area contributed by atoms with Gasteiger partial charge in [0.05, 0.1) is 30.3 Å². The summed E-state index contributed by atoms with van der Waals surface area (Å²) >= 11 is 0. The summed E-state index contributed by atoms with van der Waals surface area (Å²) in [5, 5.41) is 4.82. The maximum absolute atomic E-state index is 14.0. The van der Waals surface area contributed by atoms with Gasteiger partial charge >= 0.3 is 6.09 Å². The van der Waals surface area contributed by atoms with Crippen LogP contribution in [0.15, 0.2) is 23.1 Å². The van der Waals surface area contributed by atoms with Gasteiger partial charge in [-0.15, -0.1) is 0 Å². The van der Waals surface area contributed by atoms with E-state index in [1.807, 2.05) is 0 Å². The molecule has 1 aromatic carbocycles. The minimum atomic E-state index is -3.84. The minimum Gasteiger partial charge on any atom is -0.450 e. The predicted molar refractivity (Wildman–Crippen MR) is 93.3 cm³/mol. The zero-order chi connectivity index (χ0) is 19.9. The molecule has 0 bridgehead atoms. The predicted octanol–water partition coefficient (Wildman–Crippen LogP) is 0.323. The van der Waals surface area contributed by atoms with Crippen molar-refractivity contribution in [3.05, 3.63) is 29.6 Å². The maximum Gasteiger partial charge on any atom is 0.407 e. The highest BCUT2D eigenvalue weighted by molar-refractivity contribution is 7.89. The summed E-state index contributed by atoms with van der Waals surface area (Å²) in [6, 6.07) is 3.08. The molecule has 1 aliphatic rings. The summed E-state index contributed by atoms with van der Waals surface area (Å²) in [6.07, 6.45) is -0.628. The number of rotatable bonds is 7. The first-order valence-corrected chi connectivity index (χ1v) is 9.86. The monoisotopic (exact) mass is 403 g/mol. The van der Waals surface area contributed by atoms with Crippen LogP contribution in [0.4, 0.5) is 9.18 Å². The molecule has 9 nitrogen and oxygen atoms in total. The van der Waals surface area contributed by atoms with Crippen LogP contribution in [0.5, 0.6) is 0 Å². The number of sulfonamides is 1. The SMILES string of the molecule is CCOC(=O)NCCNC(=O)c1cc(S(=O)(=O)N2CCOCC2)ccc1F. The largest absolute Gasteiger partial charge is 0.450 e. The average molecular weight is 403 g/mol. The van der Waals surface area contributed by atoms with Crippen LogP contribution in [0.1, 0.15) is 17.3 Å². The van der Waals surface area contributed by atoms with E-state index in [0.29, 0.717) is 0 Å². The first kappa shape index (κ1) is 21.1. The molecule has 0 radical (unpaired) electrons. The number of amides is 2. The zero-order valence-electron chi connectivity index (χ0n) is 14.9. The number of nitrogens with one attached hydrogen (secondary N) is 2. The minimum absolute atomic E-state index is 0.0253. The molecule has 27 heavy (non-hydrogen) atoms. The zero-order valence-corrected chi connectivity index (χ0v) is 15.7. The number of carbonyl (C=O) groups excluding carboxylic acids is 2. The molecule has 0 saturated carbocycles. The van der Waals surface area contributed by atoms with Crippen molar-refractivity contribution in [1.29, 1.82) is 0 Å². The van der Waals surface area contributed by atoms with Crippen LogP contribution in [0, 0.1) is 5.82 Å². The quantitative estimate of drug-likeness (QED) is 0.634. The third-order valence-corrected chi connectivity index (χ3v) is 5.64. The molecule has 11 heteroatoms. The van der Waals surface area contributed by atoms with E-state index < -0.39 is 27.8 Å². The molecule has 0 spiro atoms. The van der Waals surface area contributed by atoms with Crippen LogP contribution in [0.2, 0.25) is 0 Å². The molecule has 0 aromatic heterocycles. The molecule has 2 N–H and O–H groups in total. The number of ether oxygens (including phenoxy) is 2. The lowest BCUT2D eigenvalue weighted by atomic mass is 10.2. The molecule has 1 fully saturated rings. The van der Waals surface area contributed by atoms with Crippen molar-refractivity contribution in [2.45, 2.75) is 11.8 Å². The van der Waals surface area contributed by atoms with Crippen molar-refractivity contribution in [1.82, 2.24) is 14.9 Å². The molecular formula is C16H22FN3O6S. The third kappa shape index (κ3) is 5.62. The summed E-state index contributed by atoms with van der Waals surface area (Å²) in [4.78, 5) is 23.1. The number of carbonyl (C=O) groups is 2. The molecule has 0 atom stereocenters. The smallest absolute Gasteiger partial charge is 0.407 e. The van der Waals surface area contributed by atoms with Crippen molar-refractivity contribution < 1.29 is 31.9 Å². The summed E-state index contributed by atoms with van der Waals surface area (Å²) < 4.78 is 50.3. The Kier molecular flexibility index (Phi) is 7.51. The highest BCUT2D eigenvalue weighted by atomic mass is 32.2. The van der Waals surface area contributed by atoms with Gasteiger partial charge in [0, 0.05) is 26.2 Å². The van der Waals surface area contributed by atoms with E-state index in [4.69, 9.17) is 4.74 Å². The number of hydrogen-bond donors (Lipinski definition) is 2. The van der Waals surface area contributed by atoms with E-state index in [0.717, 1.165) is 18.2 Å². The van der Waals surface area contributed by atoms with Crippen molar-refractivity contribution >= 4 is 22.0 Å². The fourth-order valence-corrected chi connectivity index (χ4v) is 3.83. The molecular weight excluding hydrogens is 381 g/mol. The lowest BCUT2D eigenvalue weighted by Gasteiger charge is -2.26. The summed E-state index contributed by atoms with van der Waals surface area (Å²) in [5.74, 6) is -1.62. The van der Waals surface area contributed by atoms with Gasteiger partial charge in [-0.2, -0.15) is 4.31 Å². The Labute approximate surface area is 156 Å². The average Bonchev–Trinajstić information content (AvgIpc) is 2.66. The molecule has 1 aromatic rings. The second-order valence-corrected chi connectivity index (χ2v) is 7.50. The topological polar surface area (TPSA) is 114 Å². The van der Waals surface area contributed by atoms with Gasteiger partial charge in [0.2, 0.25) is 10.0 Å². The van der Waals surface area contributed by atoms with E-state index in [1.165, 1.54) is 4.31 Å². The van der Waals surface area contributed by atoms with Crippen LogP contribution < -0.4 is 10.6 Å². The van der Waals surface area contributed by atoms with Gasteiger partial charge in [-0.05, 0) is 25.1 Å². The highest BCUT2D eigenvalue weighted by Crippen LogP contribution is 2.20. The number of alkyl carbamates (subject to hydrolysis) is 1. The van der Waals surface area contributed by atoms with E-state index >= 15 is 0 Å². The normalized spacial score (nSPS) is 15.2. The summed E-state index contributed by atoms with van der Waals surface area (Å²) in [7, 11) is -3.84. The van der Waals surface area contributed by atoms with Crippen LogP contribution >= 0.6 is 0 Å². The number of hydrogen-bond acceptors (Lipinski definition) is 6. The fraction of sp³-hybridized carbons (Fsp3) is 0.500. The van der Waals surface area contributed by atoms with E-state index in [2.05, 4.69) is 15.4 Å². The third-order valence-electron chi connectivity index (χ3n) is 3.75. The Morgan fingerprint density at radius 1 is 1.22 bits per heavy atom. The Bertz CT molecular complexity index is 780. The number of morpholine rings is 1. The van der Waals surface area contributed by atoms with Gasteiger partial charge in [-0.3, -0.25) is 4.79 Å². The van der Waals surface area contributed by atoms with Crippen molar-refractivity contribution in [2.75, 3.05) is 46.0 Å². The van der Waals surface area contributed by atoms with E-state index in [1.54, 1.807) is 6.92 Å². The molecule has 1 heterocycles. The number of halogens is 1. The van der Waals surface area contributed by atoms with Gasteiger partial charge in [0.15, 0.2) is 0 Å². The molecule has 0 aliphatic carbocycles. The van der Waals surface area contributed by atoms with Crippen LogP contribution in [-0.2, 0) is 19.5 Å².